The molecule has 3 aromatic carbocycles. The highest BCUT2D eigenvalue weighted by Crippen LogP contribution is 2.43. The van der Waals surface area contributed by atoms with Crippen LogP contribution in [0, 0.1) is 5.92 Å². The normalized spacial score (nSPS) is 18.7. The molecule has 0 bridgehead atoms. The molecule has 0 aliphatic heterocycles. The topological polar surface area (TPSA) is 156 Å². The van der Waals surface area contributed by atoms with E-state index < -0.39 is 17.8 Å². The van der Waals surface area contributed by atoms with Crippen LogP contribution in [0.1, 0.15) is 70.9 Å². The number of hydrazine groups is 1. The summed E-state index contributed by atoms with van der Waals surface area (Å²) in [5.74, 6) is 3.33. The maximum absolute atomic E-state index is 13.7. The molecule has 1 amide bonds. The number of benzene rings is 3. The van der Waals surface area contributed by atoms with E-state index >= 15 is 0 Å². The van der Waals surface area contributed by atoms with E-state index in [1.807, 2.05) is 36.4 Å². The van der Waals surface area contributed by atoms with Crippen LogP contribution in [0.15, 0.2) is 70.5 Å². The van der Waals surface area contributed by atoms with Gasteiger partial charge in [0, 0.05) is 45.1 Å². The largest absolute Gasteiger partial charge is 0.481 e. The molecular weight excluding hydrogens is 540 g/mol. The van der Waals surface area contributed by atoms with E-state index in [1.54, 1.807) is 24.3 Å². The Morgan fingerprint density at radius 3 is 2.17 bits per heavy atom. The number of carboxylic acids is 1. The Morgan fingerprint density at radius 1 is 0.976 bits per heavy atom. The summed E-state index contributed by atoms with van der Waals surface area (Å²) in [6.45, 7) is 1.48. The molecule has 1 unspecified atom stereocenters. The Labute approximate surface area is 242 Å². The van der Waals surface area contributed by atoms with Crippen LogP contribution >= 0.6 is 11.8 Å². The van der Waals surface area contributed by atoms with Gasteiger partial charge in [-0.25, -0.2) is 5.84 Å². The molecule has 10 heteroatoms. The van der Waals surface area contributed by atoms with Crippen molar-refractivity contribution in [1.29, 1.82) is 0 Å². The number of anilines is 2. The van der Waals surface area contributed by atoms with E-state index in [1.165, 1.54) is 23.7 Å². The lowest BCUT2D eigenvalue weighted by molar-refractivity contribution is -0.146. The number of carboxylic acid groups (broad SMARTS) is 1. The van der Waals surface area contributed by atoms with Crippen molar-refractivity contribution in [3.63, 3.8) is 0 Å². The molecule has 2 aliphatic carbocycles. The summed E-state index contributed by atoms with van der Waals surface area (Å²) in [5, 5.41) is 13.8. The Kier molecular flexibility index (Phi) is 8.14. The average molecular weight is 573 g/mol. The molecule has 5 rings (SSSR count). The second-order valence-corrected chi connectivity index (χ2v) is 11.7. The molecule has 3 aromatic rings. The van der Waals surface area contributed by atoms with Gasteiger partial charge in [-0.2, -0.15) is 0 Å². The van der Waals surface area contributed by atoms with Crippen molar-refractivity contribution in [3.8, 4) is 0 Å². The maximum atomic E-state index is 13.7. The number of nitrogens with one attached hydrogen (secondary N) is 1. The van der Waals surface area contributed by atoms with Gasteiger partial charge in [-0.05, 0) is 43.9 Å². The molecule has 212 valence electrons. The fourth-order valence-corrected chi connectivity index (χ4v) is 6.42. The first kappa shape index (κ1) is 28.4. The zero-order chi connectivity index (χ0) is 29.3. The first-order valence-electron chi connectivity index (χ1n) is 13.6. The van der Waals surface area contributed by atoms with Gasteiger partial charge in [0.15, 0.2) is 11.6 Å². The number of aliphatic carboxylic acids is 1. The third-order valence-electron chi connectivity index (χ3n) is 7.81. The lowest BCUT2D eigenvalue weighted by Gasteiger charge is -2.35. The summed E-state index contributed by atoms with van der Waals surface area (Å²) in [6.07, 6.45) is 2.40. The van der Waals surface area contributed by atoms with Crippen molar-refractivity contribution < 1.29 is 24.3 Å². The Balaban J connectivity index is 1.41. The quantitative estimate of drug-likeness (QED) is 0.101. The van der Waals surface area contributed by atoms with Gasteiger partial charge in [-0.15, -0.1) is 0 Å². The Hall–Kier alpha value is -4.15. The number of hydrogen-bond donors (Lipinski definition) is 4. The Bertz CT molecular complexity index is 1520. The van der Waals surface area contributed by atoms with Gasteiger partial charge in [0.05, 0.1) is 22.7 Å². The fraction of sp³-hybridized carbons (Fsp3) is 0.290. The van der Waals surface area contributed by atoms with Crippen LogP contribution in [0.2, 0.25) is 0 Å². The van der Waals surface area contributed by atoms with E-state index in [4.69, 9.17) is 16.7 Å². The molecule has 9 nitrogen and oxygen atoms in total. The SMILES string of the molecule is CC(CC(=O)N(N)C1CCC(Nc2cc(Sc3ccccc3)c(N)c3c2C(=O)c2ccccc2C3=O)CC1)C(=O)O. The van der Waals surface area contributed by atoms with Gasteiger partial charge >= 0.3 is 5.97 Å². The zero-order valence-corrected chi connectivity index (χ0v) is 23.4. The minimum atomic E-state index is -1.04. The van der Waals surface area contributed by atoms with Crippen molar-refractivity contribution in [2.45, 2.75) is 60.9 Å². The molecule has 1 atom stereocenters. The zero-order valence-electron chi connectivity index (χ0n) is 22.6. The third-order valence-corrected chi connectivity index (χ3v) is 8.88. The molecule has 41 heavy (non-hydrogen) atoms. The number of amides is 1. The summed E-state index contributed by atoms with van der Waals surface area (Å²) in [6, 6.07) is 18.1. The van der Waals surface area contributed by atoms with Crippen molar-refractivity contribution in [3.05, 3.63) is 82.9 Å². The molecule has 2 aliphatic rings. The first-order valence-corrected chi connectivity index (χ1v) is 14.4. The number of rotatable bonds is 8. The number of nitrogens with two attached hydrogens (primary N) is 2. The van der Waals surface area contributed by atoms with Gasteiger partial charge < -0.3 is 16.2 Å². The van der Waals surface area contributed by atoms with Crippen LogP contribution in [-0.2, 0) is 9.59 Å². The minimum absolute atomic E-state index is 0.0323. The van der Waals surface area contributed by atoms with E-state index in [0.29, 0.717) is 47.4 Å². The van der Waals surface area contributed by atoms with Crippen molar-refractivity contribution in [1.82, 2.24) is 5.01 Å². The summed E-state index contributed by atoms with van der Waals surface area (Å²) in [4.78, 5) is 52.7. The number of carbonyl (C=O) groups is 4. The monoisotopic (exact) mass is 572 g/mol. The molecule has 0 saturated heterocycles. The van der Waals surface area contributed by atoms with Gasteiger partial charge in [0.2, 0.25) is 5.91 Å². The molecule has 0 spiro atoms. The average Bonchev–Trinajstić information content (AvgIpc) is 2.97. The summed E-state index contributed by atoms with van der Waals surface area (Å²) in [7, 11) is 0. The van der Waals surface area contributed by atoms with Crippen molar-refractivity contribution in [2.75, 3.05) is 11.1 Å². The molecule has 0 aromatic heterocycles. The van der Waals surface area contributed by atoms with Crippen LogP contribution in [0.5, 0.6) is 0 Å². The highest BCUT2D eigenvalue weighted by molar-refractivity contribution is 7.99. The molecule has 0 radical (unpaired) electrons. The third kappa shape index (κ3) is 5.71. The van der Waals surface area contributed by atoms with Crippen LogP contribution in [-0.4, -0.2) is 45.6 Å². The maximum Gasteiger partial charge on any atom is 0.306 e. The predicted molar refractivity (Wildman–Crippen MR) is 157 cm³/mol. The lowest BCUT2D eigenvalue weighted by atomic mass is 9.82. The van der Waals surface area contributed by atoms with Crippen LogP contribution in [0.25, 0.3) is 0 Å². The Morgan fingerprint density at radius 2 is 1.56 bits per heavy atom. The van der Waals surface area contributed by atoms with E-state index in [0.717, 1.165) is 4.90 Å². The van der Waals surface area contributed by atoms with Gasteiger partial charge in [-0.1, -0.05) is 61.2 Å². The van der Waals surface area contributed by atoms with Gasteiger partial charge in [0.1, 0.15) is 0 Å². The number of fused-ring (bicyclic) bond motifs is 2. The molecule has 1 fully saturated rings. The second kappa shape index (κ2) is 11.8. The summed E-state index contributed by atoms with van der Waals surface area (Å²) >= 11 is 1.43. The number of carbonyl (C=O) groups excluding carboxylic acids is 3. The highest BCUT2D eigenvalue weighted by Gasteiger charge is 2.36. The number of nitrogen functional groups attached to an aromatic ring is 1. The smallest absolute Gasteiger partial charge is 0.306 e. The molecule has 6 N–H and O–H groups in total. The number of hydrogen-bond acceptors (Lipinski definition) is 8. The minimum Gasteiger partial charge on any atom is -0.481 e. The summed E-state index contributed by atoms with van der Waals surface area (Å²) in [5.41, 5.74) is 8.62. The van der Waals surface area contributed by atoms with Crippen LogP contribution in [0.4, 0.5) is 11.4 Å². The van der Waals surface area contributed by atoms with Crippen molar-refractivity contribution in [2.24, 2.45) is 11.8 Å². The number of nitrogens with zero attached hydrogens (tertiary/aromatic N) is 1. The lowest BCUT2D eigenvalue weighted by Crippen LogP contribution is -2.48. The fourth-order valence-electron chi connectivity index (χ4n) is 5.48. The summed E-state index contributed by atoms with van der Waals surface area (Å²) < 4.78 is 0. The molecule has 1 saturated carbocycles. The highest BCUT2D eigenvalue weighted by atomic mass is 32.2. The second-order valence-electron chi connectivity index (χ2n) is 10.6. The number of ketones is 2. The predicted octanol–water partition coefficient (Wildman–Crippen LogP) is 4.73. The van der Waals surface area contributed by atoms with E-state index in [9.17, 15) is 19.2 Å². The van der Waals surface area contributed by atoms with Crippen LogP contribution in [0.3, 0.4) is 0 Å². The first-order chi connectivity index (χ1) is 19.7. The van der Waals surface area contributed by atoms with Gasteiger partial charge in [0.25, 0.3) is 0 Å². The van der Waals surface area contributed by atoms with E-state index in [2.05, 4.69) is 5.32 Å². The van der Waals surface area contributed by atoms with Crippen LogP contribution < -0.4 is 16.9 Å². The van der Waals surface area contributed by atoms with Crippen molar-refractivity contribution >= 4 is 46.6 Å². The molecular formula is C31H32N4O5S. The van der Waals surface area contributed by atoms with Gasteiger partial charge in [-0.3, -0.25) is 24.2 Å². The van der Waals surface area contributed by atoms with E-state index in [-0.39, 0.29) is 46.9 Å². The standard InChI is InChI=1S/C31H32N4O5S/c1-17(31(39)40)15-25(36)35(33)19-13-11-18(12-14-19)34-23-16-24(41-20-7-3-2-4-8-20)28(32)27-26(23)29(37)21-9-5-6-10-22(21)30(27)38/h2-10,16-19,34H,11-15,32-33H2,1H3,(H,39,40). The molecule has 0 heterocycles.